The fourth-order valence-corrected chi connectivity index (χ4v) is 1.70. The zero-order valence-electron chi connectivity index (χ0n) is 9.12. The molecule has 0 bridgehead atoms. The van der Waals surface area contributed by atoms with Gasteiger partial charge in [0.2, 0.25) is 0 Å². The number of nitrogens with zero attached hydrogens (tertiary/aromatic N) is 3. The summed E-state index contributed by atoms with van der Waals surface area (Å²) in [5.74, 6) is 0. The highest BCUT2D eigenvalue weighted by Gasteiger charge is 2.14. The zero-order valence-corrected chi connectivity index (χ0v) is 9.87. The van der Waals surface area contributed by atoms with Gasteiger partial charge >= 0.3 is 5.69 Å². The summed E-state index contributed by atoms with van der Waals surface area (Å²) in [6.45, 7) is 0.0835. The lowest BCUT2D eigenvalue weighted by Crippen LogP contribution is -2.22. The lowest BCUT2D eigenvalue weighted by atomic mass is 10.2. The maximum absolute atomic E-state index is 11.4. The minimum absolute atomic E-state index is 0.0835. The molecule has 1 aromatic carbocycles. The predicted molar refractivity (Wildman–Crippen MR) is 65.7 cm³/mol. The zero-order chi connectivity index (χ0) is 13.1. The molecule has 0 aliphatic rings. The molecule has 1 heterocycles. The van der Waals surface area contributed by atoms with E-state index in [9.17, 15) is 14.9 Å². The highest BCUT2D eigenvalue weighted by atomic mass is 35.5. The van der Waals surface area contributed by atoms with Crippen LogP contribution in [0.3, 0.4) is 0 Å². The van der Waals surface area contributed by atoms with Crippen molar-refractivity contribution in [1.29, 1.82) is 0 Å². The molecular formula is C11H8ClN3O3. The van der Waals surface area contributed by atoms with Gasteiger partial charge in [0.05, 0.1) is 11.5 Å². The summed E-state index contributed by atoms with van der Waals surface area (Å²) in [7, 11) is 0. The van der Waals surface area contributed by atoms with Gasteiger partial charge in [-0.15, -0.1) is 0 Å². The maximum Gasteiger partial charge on any atom is 0.347 e. The summed E-state index contributed by atoms with van der Waals surface area (Å²) < 4.78 is 1.29. The number of halogens is 1. The molecule has 2 aromatic rings. The van der Waals surface area contributed by atoms with Gasteiger partial charge in [0, 0.05) is 29.0 Å². The molecule has 0 radical (unpaired) electrons. The Morgan fingerprint density at radius 3 is 2.89 bits per heavy atom. The Bertz CT molecular complexity index is 654. The van der Waals surface area contributed by atoms with Gasteiger partial charge in [-0.25, -0.2) is 9.78 Å². The Morgan fingerprint density at radius 2 is 2.22 bits per heavy atom. The molecule has 0 atom stereocenters. The van der Waals surface area contributed by atoms with Crippen LogP contribution in [0.15, 0.2) is 41.5 Å². The molecule has 0 aliphatic heterocycles. The monoisotopic (exact) mass is 265 g/mol. The fraction of sp³-hybridized carbons (Fsp3) is 0.0909. The molecule has 0 aliphatic carbocycles. The van der Waals surface area contributed by atoms with Crippen molar-refractivity contribution in [3.05, 3.63) is 67.8 Å². The van der Waals surface area contributed by atoms with Gasteiger partial charge < -0.3 is 0 Å². The first kappa shape index (κ1) is 12.3. The van der Waals surface area contributed by atoms with Crippen molar-refractivity contribution in [3.63, 3.8) is 0 Å². The molecule has 18 heavy (non-hydrogen) atoms. The first-order chi connectivity index (χ1) is 8.58. The van der Waals surface area contributed by atoms with Crippen LogP contribution in [-0.2, 0) is 6.54 Å². The molecule has 0 amide bonds. The van der Waals surface area contributed by atoms with Crippen molar-refractivity contribution < 1.29 is 4.92 Å². The maximum atomic E-state index is 11.4. The molecule has 0 N–H and O–H groups in total. The SMILES string of the molecule is O=c1ncccn1Cc1ccc(Cl)cc1[N+](=O)[O-]. The Labute approximate surface area is 107 Å². The molecule has 2 rings (SSSR count). The van der Waals surface area contributed by atoms with Crippen LogP contribution in [0.2, 0.25) is 5.02 Å². The van der Waals surface area contributed by atoms with Crippen molar-refractivity contribution >= 4 is 17.3 Å². The van der Waals surface area contributed by atoms with Crippen LogP contribution in [0.5, 0.6) is 0 Å². The van der Waals surface area contributed by atoms with E-state index in [2.05, 4.69) is 4.98 Å². The molecule has 0 saturated heterocycles. The summed E-state index contributed by atoms with van der Waals surface area (Å²) in [6, 6.07) is 5.92. The van der Waals surface area contributed by atoms with Gasteiger partial charge in [0.1, 0.15) is 0 Å². The van der Waals surface area contributed by atoms with Crippen LogP contribution < -0.4 is 5.69 Å². The third-order valence-electron chi connectivity index (χ3n) is 2.37. The van der Waals surface area contributed by atoms with Crippen molar-refractivity contribution in [2.24, 2.45) is 0 Å². The normalized spacial score (nSPS) is 10.3. The quantitative estimate of drug-likeness (QED) is 0.627. The second-order valence-electron chi connectivity index (χ2n) is 3.56. The van der Waals surface area contributed by atoms with E-state index in [1.54, 1.807) is 12.1 Å². The van der Waals surface area contributed by atoms with E-state index >= 15 is 0 Å². The van der Waals surface area contributed by atoms with E-state index in [4.69, 9.17) is 11.6 Å². The van der Waals surface area contributed by atoms with Crippen LogP contribution in [-0.4, -0.2) is 14.5 Å². The van der Waals surface area contributed by atoms with E-state index in [0.29, 0.717) is 5.56 Å². The molecule has 7 heteroatoms. The number of benzene rings is 1. The van der Waals surface area contributed by atoms with Crippen LogP contribution in [0, 0.1) is 10.1 Å². The summed E-state index contributed by atoms with van der Waals surface area (Å²) in [6.07, 6.45) is 2.89. The summed E-state index contributed by atoms with van der Waals surface area (Å²) in [5.41, 5.74) is -0.167. The molecule has 0 saturated carbocycles. The van der Waals surface area contributed by atoms with Crippen molar-refractivity contribution in [1.82, 2.24) is 9.55 Å². The van der Waals surface area contributed by atoms with Crippen molar-refractivity contribution in [2.45, 2.75) is 6.54 Å². The molecule has 0 fully saturated rings. The minimum atomic E-state index is -0.525. The Kier molecular flexibility index (Phi) is 3.38. The van der Waals surface area contributed by atoms with Gasteiger partial charge in [-0.1, -0.05) is 11.6 Å². The Morgan fingerprint density at radius 1 is 1.44 bits per heavy atom. The molecule has 0 spiro atoms. The van der Waals surface area contributed by atoms with Crippen molar-refractivity contribution in [3.8, 4) is 0 Å². The lowest BCUT2D eigenvalue weighted by Gasteiger charge is -2.05. The summed E-state index contributed by atoms with van der Waals surface area (Å²) in [4.78, 5) is 25.4. The summed E-state index contributed by atoms with van der Waals surface area (Å²) >= 11 is 5.71. The molecular weight excluding hydrogens is 258 g/mol. The third kappa shape index (κ3) is 2.54. The van der Waals surface area contributed by atoms with Crippen LogP contribution in [0.25, 0.3) is 0 Å². The number of nitro groups is 1. The van der Waals surface area contributed by atoms with E-state index in [1.165, 1.54) is 29.1 Å². The standard InChI is InChI=1S/C11H8ClN3O3/c12-9-3-2-8(10(6-9)15(17)18)7-14-5-1-4-13-11(14)16/h1-6H,7H2. The van der Waals surface area contributed by atoms with E-state index < -0.39 is 10.6 Å². The molecule has 6 nitrogen and oxygen atoms in total. The van der Waals surface area contributed by atoms with E-state index in [0.717, 1.165) is 0 Å². The van der Waals surface area contributed by atoms with Gasteiger partial charge in [0.15, 0.2) is 0 Å². The van der Waals surface area contributed by atoms with Crippen LogP contribution >= 0.6 is 11.6 Å². The summed E-state index contributed by atoms with van der Waals surface area (Å²) in [5, 5.41) is 11.2. The fourth-order valence-electron chi connectivity index (χ4n) is 1.53. The smallest absolute Gasteiger partial charge is 0.294 e. The highest BCUT2D eigenvalue weighted by molar-refractivity contribution is 6.30. The lowest BCUT2D eigenvalue weighted by molar-refractivity contribution is -0.385. The average Bonchev–Trinajstić information content (AvgIpc) is 2.34. The predicted octanol–water partition coefficient (Wildman–Crippen LogP) is 1.85. The third-order valence-corrected chi connectivity index (χ3v) is 2.60. The van der Waals surface area contributed by atoms with Gasteiger partial charge in [-0.2, -0.15) is 0 Å². The number of nitro benzene ring substituents is 1. The van der Waals surface area contributed by atoms with Gasteiger partial charge in [0.25, 0.3) is 5.69 Å². The van der Waals surface area contributed by atoms with Crippen LogP contribution in [0.4, 0.5) is 5.69 Å². The number of hydrogen-bond donors (Lipinski definition) is 0. The first-order valence-corrected chi connectivity index (χ1v) is 5.40. The second-order valence-corrected chi connectivity index (χ2v) is 4.00. The Balaban J connectivity index is 2.44. The van der Waals surface area contributed by atoms with E-state index in [1.807, 2.05) is 0 Å². The number of aromatic nitrogens is 2. The average molecular weight is 266 g/mol. The Hall–Kier alpha value is -2.21. The second kappa shape index (κ2) is 4.97. The van der Waals surface area contributed by atoms with Gasteiger partial charge in [-0.3, -0.25) is 14.7 Å². The highest BCUT2D eigenvalue weighted by Crippen LogP contribution is 2.23. The number of hydrogen-bond acceptors (Lipinski definition) is 4. The number of rotatable bonds is 3. The molecule has 92 valence electrons. The van der Waals surface area contributed by atoms with Gasteiger partial charge in [-0.05, 0) is 18.2 Å². The largest absolute Gasteiger partial charge is 0.347 e. The van der Waals surface area contributed by atoms with Crippen molar-refractivity contribution in [2.75, 3.05) is 0 Å². The minimum Gasteiger partial charge on any atom is -0.294 e. The van der Waals surface area contributed by atoms with Crippen LogP contribution in [0.1, 0.15) is 5.56 Å². The molecule has 0 unspecified atom stereocenters. The topological polar surface area (TPSA) is 78.0 Å². The molecule has 1 aromatic heterocycles. The first-order valence-electron chi connectivity index (χ1n) is 5.02. The van der Waals surface area contributed by atoms with E-state index in [-0.39, 0.29) is 17.3 Å².